The molecule has 0 atom stereocenters. The van der Waals surface area contributed by atoms with Crippen molar-refractivity contribution < 1.29 is 9.72 Å². The van der Waals surface area contributed by atoms with E-state index in [9.17, 15) is 14.9 Å². The topological polar surface area (TPSA) is 90.1 Å². The first-order valence-corrected chi connectivity index (χ1v) is 8.12. The average Bonchev–Trinajstić information content (AvgIpc) is 2.95. The average molecular weight is 401 g/mol. The van der Waals surface area contributed by atoms with Crippen molar-refractivity contribution in [2.75, 3.05) is 5.32 Å². The Bertz CT molecular complexity index is 934. The maximum absolute atomic E-state index is 12.4. The summed E-state index contributed by atoms with van der Waals surface area (Å²) < 4.78 is 2.42. The molecule has 1 amide bonds. The molecule has 0 bridgehead atoms. The largest absolute Gasteiger partial charge is 0.306 e. The smallest absolute Gasteiger partial charge is 0.269 e. The number of aromatic nitrogens is 2. The van der Waals surface area contributed by atoms with E-state index in [0.29, 0.717) is 22.8 Å². The Morgan fingerprint density at radius 3 is 2.40 bits per heavy atom. The van der Waals surface area contributed by atoms with Gasteiger partial charge in [0.2, 0.25) is 0 Å². The fourth-order valence-corrected chi connectivity index (χ4v) is 2.55. The van der Waals surface area contributed by atoms with Gasteiger partial charge in [0.05, 0.1) is 16.3 Å². The van der Waals surface area contributed by atoms with Crippen LogP contribution < -0.4 is 5.32 Å². The molecular formula is C17H13BrN4O3. The number of nitro groups is 1. The van der Waals surface area contributed by atoms with E-state index >= 15 is 0 Å². The highest BCUT2D eigenvalue weighted by atomic mass is 79.9. The van der Waals surface area contributed by atoms with E-state index in [1.165, 1.54) is 16.8 Å². The summed E-state index contributed by atoms with van der Waals surface area (Å²) in [5, 5.41) is 17.9. The number of nitrogens with zero attached hydrogens (tertiary/aromatic N) is 3. The Morgan fingerprint density at radius 2 is 1.80 bits per heavy atom. The first kappa shape index (κ1) is 16.8. The molecule has 3 aromatic rings. The molecule has 0 aliphatic carbocycles. The maximum Gasteiger partial charge on any atom is 0.269 e. The predicted octanol–water partition coefficient (Wildman–Crippen LogP) is 4.10. The van der Waals surface area contributed by atoms with Crippen LogP contribution in [0.25, 0.3) is 5.69 Å². The molecule has 0 radical (unpaired) electrons. The summed E-state index contributed by atoms with van der Waals surface area (Å²) in [6.45, 7) is 1.80. The van der Waals surface area contributed by atoms with Gasteiger partial charge in [0.25, 0.3) is 11.6 Å². The Kier molecular flexibility index (Phi) is 4.62. The monoisotopic (exact) mass is 400 g/mol. The van der Waals surface area contributed by atoms with Crippen LogP contribution in [0.4, 0.5) is 11.5 Å². The number of hydrogen-bond acceptors (Lipinski definition) is 4. The van der Waals surface area contributed by atoms with Crippen molar-refractivity contribution in [3.8, 4) is 5.69 Å². The number of carbonyl (C=O) groups excluding carboxylic acids is 1. The van der Waals surface area contributed by atoms with Gasteiger partial charge in [-0.25, -0.2) is 4.68 Å². The van der Waals surface area contributed by atoms with Gasteiger partial charge in [-0.1, -0.05) is 15.9 Å². The lowest BCUT2D eigenvalue weighted by Gasteiger charge is -2.09. The van der Waals surface area contributed by atoms with Gasteiger partial charge < -0.3 is 5.32 Å². The predicted molar refractivity (Wildman–Crippen MR) is 97.1 cm³/mol. The summed E-state index contributed by atoms with van der Waals surface area (Å²) in [7, 11) is 0. The second-order valence-electron chi connectivity index (χ2n) is 5.32. The van der Waals surface area contributed by atoms with Crippen LogP contribution in [0.5, 0.6) is 0 Å². The third-order valence-electron chi connectivity index (χ3n) is 3.48. The lowest BCUT2D eigenvalue weighted by molar-refractivity contribution is -0.384. The molecule has 7 nitrogen and oxygen atoms in total. The highest BCUT2D eigenvalue weighted by Crippen LogP contribution is 2.21. The number of anilines is 1. The SMILES string of the molecule is Cc1cc(NC(=O)c2ccc(Br)cc2)n(-c2ccc([N+](=O)[O-])cc2)n1. The number of aryl methyl sites for hydroxylation is 1. The molecule has 0 spiro atoms. The molecule has 0 unspecified atom stereocenters. The van der Waals surface area contributed by atoms with Crippen LogP contribution in [-0.4, -0.2) is 20.6 Å². The minimum atomic E-state index is -0.464. The summed E-state index contributed by atoms with van der Waals surface area (Å²) in [4.78, 5) is 22.7. The van der Waals surface area contributed by atoms with E-state index < -0.39 is 4.92 Å². The number of carbonyl (C=O) groups is 1. The molecular weight excluding hydrogens is 388 g/mol. The number of rotatable bonds is 4. The summed E-state index contributed by atoms with van der Waals surface area (Å²) >= 11 is 3.33. The second-order valence-corrected chi connectivity index (χ2v) is 6.23. The number of nitrogens with one attached hydrogen (secondary N) is 1. The number of nitro benzene ring substituents is 1. The number of halogens is 1. The molecule has 126 valence electrons. The standard InChI is InChI=1S/C17H13BrN4O3/c1-11-10-16(19-17(23)12-2-4-13(18)5-3-12)21(20-11)14-6-8-15(9-7-14)22(24)25/h2-10H,1H3,(H,19,23). The van der Waals surface area contributed by atoms with Gasteiger partial charge >= 0.3 is 0 Å². The first-order chi connectivity index (χ1) is 11.9. The van der Waals surface area contributed by atoms with Crippen LogP contribution in [0.3, 0.4) is 0 Å². The van der Waals surface area contributed by atoms with Gasteiger partial charge in [-0.2, -0.15) is 5.10 Å². The molecule has 0 aliphatic rings. The van der Waals surface area contributed by atoms with Gasteiger partial charge in [0.1, 0.15) is 5.82 Å². The summed E-state index contributed by atoms with van der Waals surface area (Å²) in [6, 6.07) is 14.7. The van der Waals surface area contributed by atoms with Crippen molar-refractivity contribution in [1.82, 2.24) is 9.78 Å². The minimum absolute atomic E-state index is 0.00641. The number of hydrogen-bond donors (Lipinski definition) is 1. The van der Waals surface area contributed by atoms with Crippen molar-refractivity contribution in [3.05, 3.63) is 80.4 Å². The van der Waals surface area contributed by atoms with Crippen LogP contribution in [0, 0.1) is 17.0 Å². The third kappa shape index (κ3) is 3.74. The Labute approximate surface area is 151 Å². The van der Waals surface area contributed by atoms with E-state index in [0.717, 1.165) is 4.47 Å². The van der Waals surface area contributed by atoms with E-state index in [1.54, 1.807) is 49.4 Å². The third-order valence-corrected chi connectivity index (χ3v) is 4.01. The van der Waals surface area contributed by atoms with Gasteiger partial charge in [-0.3, -0.25) is 14.9 Å². The molecule has 0 aliphatic heterocycles. The van der Waals surface area contributed by atoms with Crippen LogP contribution in [-0.2, 0) is 0 Å². The number of amides is 1. The van der Waals surface area contributed by atoms with E-state index in [-0.39, 0.29) is 11.6 Å². The van der Waals surface area contributed by atoms with Gasteiger partial charge in [-0.15, -0.1) is 0 Å². The summed E-state index contributed by atoms with van der Waals surface area (Å²) in [5.41, 5.74) is 1.83. The van der Waals surface area contributed by atoms with Crippen molar-refractivity contribution in [1.29, 1.82) is 0 Å². The van der Waals surface area contributed by atoms with Crippen molar-refractivity contribution in [3.63, 3.8) is 0 Å². The molecule has 2 aromatic carbocycles. The Balaban J connectivity index is 1.89. The Morgan fingerprint density at radius 1 is 1.16 bits per heavy atom. The van der Waals surface area contributed by atoms with Crippen LogP contribution in [0.2, 0.25) is 0 Å². The molecule has 1 aromatic heterocycles. The zero-order chi connectivity index (χ0) is 18.0. The van der Waals surface area contributed by atoms with E-state index in [4.69, 9.17) is 0 Å². The van der Waals surface area contributed by atoms with Crippen LogP contribution >= 0.6 is 15.9 Å². The quantitative estimate of drug-likeness (QED) is 0.527. The van der Waals surface area contributed by atoms with E-state index in [2.05, 4.69) is 26.3 Å². The summed E-state index contributed by atoms with van der Waals surface area (Å²) in [5.74, 6) is 0.217. The van der Waals surface area contributed by atoms with Gasteiger partial charge in [-0.05, 0) is 43.3 Å². The lowest BCUT2D eigenvalue weighted by atomic mass is 10.2. The minimum Gasteiger partial charge on any atom is -0.306 e. The van der Waals surface area contributed by atoms with Gasteiger partial charge in [0, 0.05) is 28.2 Å². The lowest BCUT2D eigenvalue weighted by Crippen LogP contribution is -2.15. The first-order valence-electron chi connectivity index (χ1n) is 7.32. The number of benzene rings is 2. The zero-order valence-electron chi connectivity index (χ0n) is 13.1. The fourth-order valence-electron chi connectivity index (χ4n) is 2.29. The fraction of sp³-hybridized carbons (Fsp3) is 0.0588. The Hall–Kier alpha value is -3.00. The molecule has 3 rings (SSSR count). The maximum atomic E-state index is 12.4. The summed E-state index contributed by atoms with van der Waals surface area (Å²) in [6.07, 6.45) is 0. The molecule has 1 N–H and O–H groups in total. The van der Waals surface area contributed by atoms with Gasteiger partial charge in [0.15, 0.2) is 0 Å². The second kappa shape index (κ2) is 6.86. The number of non-ortho nitro benzene ring substituents is 1. The van der Waals surface area contributed by atoms with E-state index in [1.807, 2.05) is 0 Å². The van der Waals surface area contributed by atoms with Crippen molar-refractivity contribution in [2.24, 2.45) is 0 Å². The van der Waals surface area contributed by atoms with Crippen LogP contribution in [0.15, 0.2) is 59.1 Å². The normalized spacial score (nSPS) is 10.5. The zero-order valence-corrected chi connectivity index (χ0v) is 14.7. The molecule has 8 heteroatoms. The molecule has 0 saturated heterocycles. The van der Waals surface area contributed by atoms with Crippen molar-refractivity contribution >= 4 is 33.3 Å². The molecule has 1 heterocycles. The molecule has 0 saturated carbocycles. The molecule has 0 fully saturated rings. The van der Waals surface area contributed by atoms with Crippen molar-refractivity contribution in [2.45, 2.75) is 6.92 Å². The highest BCUT2D eigenvalue weighted by Gasteiger charge is 2.13. The highest BCUT2D eigenvalue weighted by molar-refractivity contribution is 9.10. The van der Waals surface area contributed by atoms with Crippen LogP contribution in [0.1, 0.15) is 16.1 Å². The molecule has 25 heavy (non-hydrogen) atoms.